The highest BCUT2D eigenvalue weighted by Crippen LogP contribution is 2.42. The van der Waals surface area contributed by atoms with E-state index in [0.717, 1.165) is 17.5 Å². The Morgan fingerprint density at radius 2 is 1.83 bits per heavy atom. The number of fused-ring (bicyclic) bond motifs is 1. The van der Waals surface area contributed by atoms with Crippen LogP contribution in [-0.2, 0) is 17.6 Å². The van der Waals surface area contributed by atoms with Gasteiger partial charge in [-0.15, -0.1) is 0 Å². The Bertz CT molecular complexity index is 471. The van der Waals surface area contributed by atoms with Crippen molar-refractivity contribution in [2.75, 3.05) is 27.9 Å². The Labute approximate surface area is 106 Å². The van der Waals surface area contributed by atoms with Crippen LogP contribution in [0.4, 0.5) is 0 Å². The van der Waals surface area contributed by atoms with Crippen molar-refractivity contribution >= 4 is 5.91 Å². The second-order valence-electron chi connectivity index (χ2n) is 4.06. The second kappa shape index (κ2) is 5.16. The van der Waals surface area contributed by atoms with Gasteiger partial charge < -0.3 is 19.5 Å². The fraction of sp³-hybridized carbons (Fsp3) is 0.462. The number of hydrogen-bond acceptors (Lipinski definition) is 4. The summed E-state index contributed by atoms with van der Waals surface area (Å²) in [7, 11) is 4.74. The van der Waals surface area contributed by atoms with Crippen molar-refractivity contribution in [3.05, 3.63) is 17.2 Å². The topological polar surface area (TPSA) is 56.8 Å². The van der Waals surface area contributed by atoms with Crippen LogP contribution >= 0.6 is 0 Å². The minimum Gasteiger partial charge on any atom is -0.493 e. The quantitative estimate of drug-likeness (QED) is 0.868. The number of rotatable bonds is 3. The number of nitrogens with one attached hydrogen (secondary N) is 1. The van der Waals surface area contributed by atoms with Crippen LogP contribution < -0.4 is 19.5 Å². The van der Waals surface area contributed by atoms with Crippen LogP contribution in [0.15, 0.2) is 6.07 Å². The number of amides is 1. The van der Waals surface area contributed by atoms with Crippen molar-refractivity contribution in [2.24, 2.45) is 0 Å². The highest BCUT2D eigenvalue weighted by Gasteiger charge is 2.23. The van der Waals surface area contributed by atoms with E-state index in [1.54, 1.807) is 21.3 Å². The summed E-state index contributed by atoms with van der Waals surface area (Å²) < 4.78 is 16.0. The van der Waals surface area contributed by atoms with E-state index in [1.165, 1.54) is 0 Å². The normalized spacial score (nSPS) is 14.3. The average Bonchev–Trinajstić information content (AvgIpc) is 2.56. The van der Waals surface area contributed by atoms with Crippen LogP contribution in [-0.4, -0.2) is 33.8 Å². The van der Waals surface area contributed by atoms with E-state index >= 15 is 0 Å². The van der Waals surface area contributed by atoms with Crippen molar-refractivity contribution in [1.29, 1.82) is 0 Å². The van der Waals surface area contributed by atoms with E-state index < -0.39 is 0 Å². The summed E-state index contributed by atoms with van der Waals surface area (Å²) >= 11 is 0. The molecule has 0 aliphatic carbocycles. The van der Waals surface area contributed by atoms with Gasteiger partial charge in [0.25, 0.3) is 0 Å². The van der Waals surface area contributed by atoms with E-state index in [1.807, 2.05) is 6.07 Å². The van der Waals surface area contributed by atoms with E-state index in [0.29, 0.717) is 30.2 Å². The van der Waals surface area contributed by atoms with E-state index in [4.69, 9.17) is 14.2 Å². The summed E-state index contributed by atoms with van der Waals surface area (Å²) in [6.45, 7) is 0.609. The fourth-order valence-corrected chi connectivity index (χ4v) is 2.26. The number of ether oxygens (including phenoxy) is 3. The van der Waals surface area contributed by atoms with Gasteiger partial charge in [0.2, 0.25) is 11.7 Å². The molecule has 0 unspecified atom stereocenters. The SMILES string of the molecule is COc1cc2c(c(OC)c1OC)CCNC(=O)C2. The zero-order chi connectivity index (χ0) is 13.1. The molecule has 5 nitrogen and oxygen atoms in total. The predicted molar refractivity (Wildman–Crippen MR) is 66.5 cm³/mol. The van der Waals surface area contributed by atoms with Gasteiger partial charge in [-0.3, -0.25) is 4.79 Å². The Hall–Kier alpha value is -1.91. The van der Waals surface area contributed by atoms with Crippen LogP contribution in [0.25, 0.3) is 0 Å². The minimum atomic E-state index is 0.0167. The predicted octanol–water partition coefficient (Wildman–Crippen LogP) is 0.927. The molecule has 1 N–H and O–H groups in total. The lowest BCUT2D eigenvalue weighted by Crippen LogP contribution is -2.24. The number of methoxy groups -OCH3 is 3. The molecule has 0 fully saturated rings. The summed E-state index contributed by atoms with van der Waals surface area (Å²) in [5, 5.41) is 2.84. The van der Waals surface area contributed by atoms with Crippen molar-refractivity contribution in [3.63, 3.8) is 0 Å². The van der Waals surface area contributed by atoms with Crippen molar-refractivity contribution < 1.29 is 19.0 Å². The van der Waals surface area contributed by atoms with Gasteiger partial charge in [0.05, 0.1) is 27.8 Å². The molecule has 0 saturated carbocycles. The first-order valence-corrected chi connectivity index (χ1v) is 5.78. The highest BCUT2D eigenvalue weighted by atomic mass is 16.5. The molecule has 2 rings (SSSR count). The van der Waals surface area contributed by atoms with Gasteiger partial charge in [0.1, 0.15) is 0 Å². The number of carbonyl (C=O) groups excluding carboxylic acids is 1. The third-order valence-electron chi connectivity index (χ3n) is 3.07. The molecule has 1 aliphatic heterocycles. The van der Waals surface area contributed by atoms with Gasteiger partial charge in [0.15, 0.2) is 11.5 Å². The number of carbonyl (C=O) groups is 1. The third kappa shape index (κ3) is 2.08. The van der Waals surface area contributed by atoms with Crippen LogP contribution in [0.5, 0.6) is 17.2 Å². The van der Waals surface area contributed by atoms with Gasteiger partial charge >= 0.3 is 0 Å². The minimum absolute atomic E-state index is 0.0167. The molecule has 1 aromatic carbocycles. The maximum atomic E-state index is 11.6. The molecule has 98 valence electrons. The summed E-state index contributed by atoms with van der Waals surface area (Å²) in [5.41, 5.74) is 1.94. The molecule has 0 bridgehead atoms. The molecule has 5 heteroatoms. The first-order valence-electron chi connectivity index (χ1n) is 5.78. The molecular weight excluding hydrogens is 234 g/mol. The molecule has 1 aliphatic rings. The monoisotopic (exact) mass is 251 g/mol. The number of benzene rings is 1. The van der Waals surface area contributed by atoms with Crippen molar-refractivity contribution in [1.82, 2.24) is 5.32 Å². The Kier molecular flexibility index (Phi) is 3.60. The first-order chi connectivity index (χ1) is 8.71. The zero-order valence-electron chi connectivity index (χ0n) is 10.8. The zero-order valence-corrected chi connectivity index (χ0v) is 10.8. The first kappa shape index (κ1) is 12.5. The molecule has 18 heavy (non-hydrogen) atoms. The lowest BCUT2D eigenvalue weighted by atomic mass is 10.0. The Morgan fingerprint density at radius 3 is 2.44 bits per heavy atom. The van der Waals surface area contributed by atoms with Gasteiger partial charge in [-0.25, -0.2) is 0 Å². The van der Waals surface area contributed by atoms with E-state index in [9.17, 15) is 4.79 Å². The largest absolute Gasteiger partial charge is 0.493 e. The van der Waals surface area contributed by atoms with Gasteiger partial charge in [0, 0.05) is 12.1 Å². The fourth-order valence-electron chi connectivity index (χ4n) is 2.26. The highest BCUT2D eigenvalue weighted by molar-refractivity contribution is 5.80. The van der Waals surface area contributed by atoms with Crippen LogP contribution in [0.1, 0.15) is 11.1 Å². The molecule has 0 atom stereocenters. The molecule has 0 radical (unpaired) electrons. The maximum absolute atomic E-state index is 11.6. The Balaban J connectivity index is 2.61. The lowest BCUT2D eigenvalue weighted by Gasteiger charge is -2.17. The second-order valence-corrected chi connectivity index (χ2v) is 4.06. The van der Waals surface area contributed by atoms with Crippen LogP contribution in [0, 0.1) is 0 Å². The molecular formula is C13H17NO4. The Morgan fingerprint density at radius 1 is 1.11 bits per heavy atom. The molecule has 0 aromatic heterocycles. The van der Waals surface area contributed by atoms with E-state index in [2.05, 4.69) is 5.32 Å². The lowest BCUT2D eigenvalue weighted by molar-refractivity contribution is -0.120. The third-order valence-corrected chi connectivity index (χ3v) is 3.07. The van der Waals surface area contributed by atoms with Gasteiger partial charge in [-0.2, -0.15) is 0 Å². The van der Waals surface area contributed by atoms with Crippen molar-refractivity contribution in [3.8, 4) is 17.2 Å². The average molecular weight is 251 g/mol. The van der Waals surface area contributed by atoms with Crippen LogP contribution in [0.3, 0.4) is 0 Å². The van der Waals surface area contributed by atoms with Crippen LogP contribution in [0.2, 0.25) is 0 Å². The molecule has 1 amide bonds. The van der Waals surface area contributed by atoms with E-state index in [-0.39, 0.29) is 5.91 Å². The summed E-state index contributed by atoms with van der Waals surface area (Å²) in [5.74, 6) is 1.84. The molecule has 0 spiro atoms. The van der Waals surface area contributed by atoms with Crippen molar-refractivity contribution in [2.45, 2.75) is 12.8 Å². The number of hydrogen-bond donors (Lipinski definition) is 1. The molecule has 1 aromatic rings. The van der Waals surface area contributed by atoms with Gasteiger partial charge in [-0.05, 0) is 18.1 Å². The van der Waals surface area contributed by atoms with Gasteiger partial charge in [-0.1, -0.05) is 0 Å². The smallest absolute Gasteiger partial charge is 0.224 e. The standard InChI is InChI=1S/C13H17NO4/c1-16-10-6-8-7-11(15)14-5-4-9(8)12(17-2)13(10)18-3/h6H,4-5,7H2,1-3H3,(H,14,15). The summed E-state index contributed by atoms with van der Waals surface area (Å²) in [6, 6.07) is 1.85. The molecule has 1 heterocycles. The summed E-state index contributed by atoms with van der Waals surface area (Å²) in [6.07, 6.45) is 1.07. The maximum Gasteiger partial charge on any atom is 0.224 e. The summed E-state index contributed by atoms with van der Waals surface area (Å²) in [4.78, 5) is 11.6. The molecule has 0 saturated heterocycles.